The molecule has 19 heavy (non-hydrogen) atoms. The second-order valence-electron chi connectivity index (χ2n) is 5.26. The molecule has 0 fully saturated rings. The molecule has 3 nitrogen and oxygen atoms in total. The van der Waals surface area contributed by atoms with Gasteiger partial charge in [-0.1, -0.05) is 19.1 Å². The van der Waals surface area contributed by atoms with Crippen LogP contribution >= 0.6 is 0 Å². The van der Waals surface area contributed by atoms with Crippen LogP contribution in [-0.2, 0) is 0 Å². The molecular weight excluding hydrogens is 241 g/mol. The highest BCUT2D eigenvalue weighted by Gasteiger charge is 2.17. The molecule has 2 N–H and O–H groups in total. The van der Waals surface area contributed by atoms with Gasteiger partial charge in [-0.15, -0.1) is 0 Å². The van der Waals surface area contributed by atoms with Crippen LogP contribution in [0, 0.1) is 5.82 Å². The normalized spacial score (nSPS) is 12.8. The number of nitrogens with two attached hydrogens (primary N) is 1. The summed E-state index contributed by atoms with van der Waals surface area (Å²) in [4.78, 5) is 4.21. The lowest BCUT2D eigenvalue weighted by Crippen LogP contribution is -2.34. The van der Waals surface area contributed by atoms with Gasteiger partial charge < -0.3 is 15.5 Å². The molecule has 0 aliphatic heterocycles. The molecular formula is C15H26FN3. The third-order valence-corrected chi connectivity index (χ3v) is 3.14. The largest absolute Gasteiger partial charge is 0.368 e. The maximum Gasteiger partial charge on any atom is 0.146 e. The summed E-state index contributed by atoms with van der Waals surface area (Å²) in [7, 11) is 4.05. The van der Waals surface area contributed by atoms with Gasteiger partial charge in [-0.05, 0) is 39.1 Å². The zero-order chi connectivity index (χ0) is 14.4. The van der Waals surface area contributed by atoms with Crippen LogP contribution in [0.25, 0.3) is 0 Å². The van der Waals surface area contributed by atoms with Gasteiger partial charge in [-0.2, -0.15) is 0 Å². The molecule has 0 bridgehead atoms. The summed E-state index contributed by atoms with van der Waals surface area (Å²) in [5, 5.41) is 0. The van der Waals surface area contributed by atoms with Crippen molar-refractivity contribution >= 4 is 5.69 Å². The lowest BCUT2D eigenvalue weighted by Gasteiger charge is -2.29. The maximum atomic E-state index is 14.2. The van der Waals surface area contributed by atoms with E-state index in [-0.39, 0.29) is 11.9 Å². The topological polar surface area (TPSA) is 32.5 Å². The molecule has 1 rings (SSSR count). The number of para-hydroxylation sites is 1. The number of rotatable bonds is 7. The molecule has 0 heterocycles. The standard InChI is InChI=1S/C15H26FN3/c1-5-9-19(11-10-18(3)4)15-13(12(2)17)7-6-8-14(15)16/h6-8,12H,5,9-11,17H2,1-4H3/t12-/m0/s1. The van der Waals surface area contributed by atoms with Crippen LogP contribution in [0.5, 0.6) is 0 Å². The lowest BCUT2D eigenvalue weighted by molar-refractivity contribution is 0.411. The number of benzene rings is 1. The summed E-state index contributed by atoms with van der Waals surface area (Å²) in [6, 6.07) is 5.00. The maximum absolute atomic E-state index is 14.2. The first-order valence-corrected chi connectivity index (χ1v) is 6.91. The first-order valence-electron chi connectivity index (χ1n) is 6.91. The van der Waals surface area contributed by atoms with Gasteiger partial charge in [0, 0.05) is 25.7 Å². The van der Waals surface area contributed by atoms with Gasteiger partial charge in [-0.3, -0.25) is 0 Å². The Kier molecular flexibility index (Phi) is 6.25. The summed E-state index contributed by atoms with van der Waals surface area (Å²) >= 11 is 0. The lowest BCUT2D eigenvalue weighted by atomic mass is 10.0. The number of nitrogens with zero attached hydrogens (tertiary/aromatic N) is 2. The van der Waals surface area contributed by atoms with Gasteiger partial charge in [0.1, 0.15) is 5.82 Å². The van der Waals surface area contributed by atoms with Gasteiger partial charge in [-0.25, -0.2) is 4.39 Å². The predicted octanol–water partition coefficient (Wildman–Crippen LogP) is 2.62. The minimum absolute atomic E-state index is 0.163. The van der Waals surface area contributed by atoms with Crippen LogP contribution in [0.2, 0.25) is 0 Å². The Morgan fingerprint density at radius 2 is 1.89 bits per heavy atom. The molecule has 0 spiro atoms. The van der Waals surface area contributed by atoms with Crippen LogP contribution in [0.1, 0.15) is 31.9 Å². The SMILES string of the molecule is CCCN(CCN(C)C)c1c(F)cccc1[C@H](C)N. The predicted molar refractivity (Wildman–Crippen MR) is 80.1 cm³/mol. The van der Waals surface area contributed by atoms with Crippen molar-refractivity contribution in [2.24, 2.45) is 5.73 Å². The number of likely N-dealkylation sites (N-methyl/N-ethyl adjacent to an activating group) is 1. The van der Waals surface area contributed by atoms with Crippen molar-refractivity contribution in [2.75, 3.05) is 38.6 Å². The third-order valence-electron chi connectivity index (χ3n) is 3.14. The van der Waals surface area contributed by atoms with E-state index in [9.17, 15) is 4.39 Å². The first-order chi connectivity index (χ1) is 8.97. The summed E-state index contributed by atoms with van der Waals surface area (Å²) < 4.78 is 14.2. The molecule has 0 saturated heterocycles. The van der Waals surface area contributed by atoms with Gasteiger partial charge in [0.25, 0.3) is 0 Å². The van der Waals surface area contributed by atoms with Crippen molar-refractivity contribution < 1.29 is 4.39 Å². The number of hydrogen-bond donors (Lipinski definition) is 1. The highest BCUT2D eigenvalue weighted by Crippen LogP contribution is 2.28. The Labute approximate surface area is 116 Å². The zero-order valence-corrected chi connectivity index (χ0v) is 12.5. The second-order valence-corrected chi connectivity index (χ2v) is 5.26. The number of anilines is 1. The molecule has 1 aromatic carbocycles. The summed E-state index contributed by atoms with van der Waals surface area (Å²) in [5.41, 5.74) is 7.52. The molecule has 0 radical (unpaired) electrons. The number of halogens is 1. The summed E-state index contributed by atoms with van der Waals surface area (Å²) in [6.07, 6.45) is 0.986. The van der Waals surface area contributed by atoms with Crippen molar-refractivity contribution in [1.82, 2.24) is 4.90 Å². The van der Waals surface area contributed by atoms with E-state index in [1.54, 1.807) is 6.07 Å². The zero-order valence-electron chi connectivity index (χ0n) is 12.5. The van der Waals surface area contributed by atoms with Crippen molar-refractivity contribution in [3.05, 3.63) is 29.6 Å². The molecule has 108 valence electrons. The van der Waals surface area contributed by atoms with Crippen LogP contribution in [0.15, 0.2) is 18.2 Å². The van der Waals surface area contributed by atoms with Crippen LogP contribution < -0.4 is 10.6 Å². The van der Waals surface area contributed by atoms with Crippen LogP contribution in [0.3, 0.4) is 0 Å². The molecule has 0 aromatic heterocycles. The second kappa shape index (κ2) is 7.46. The fourth-order valence-corrected chi connectivity index (χ4v) is 2.16. The van der Waals surface area contributed by atoms with Gasteiger partial charge in [0.2, 0.25) is 0 Å². The molecule has 1 atom stereocenters. The van der Waals surface area contributed by atoms with E-state index in [4.69, 9.17) is 5.73 Å². The van der Waals surface area contributed by atoms with E-state index in [0.717, 1.165) is 31.6 Å². The Balaban J connectivity index is 3.06. The first kappa shape index (κ1) is 15.9. The van der Waals surface area contributed by atoms with Gasteiger partial charge >= 0.3 is 0 Å². The van der Waals surface area contributed by atoms with E-state index in [2.05, 4.69) is 16.7 Å². The van der Waals surface area contributed by atoms with Gasteiger partial charge in [0.05, 0.1) is 5.69 Å². The van der Waals surface area contributed by atoms with E-state index in [1.807, 2.05) is 27.1 Å². The smallest absolute Gasteiger partial charge is 0.146 e. The Morgan fingerprint density at radius 1 is 1.21 bits per heavy atom. The van der Waals surface area contributed by atoms with Crippen molar-refractivity contribution in [2.45, 2.75) is 26.3 Å². The average Bonchev–Trinajstić information content (AvgIpc) is 2.34. The number of hydrogen-bond acceptors (Lipinski definition) is 3. The fourth-order valence-electron chi connectivity index (χ4n) is 2.16. The van der Waals surface area contributed by atoms with Crippen molar-refractivity contribution in [3.63, 3.8) is 0 Å². The Bertz CT molecular complexity index is 391. The highest BCUT2D eigenvalue weighted by molar-refractivity contribution is 5.56. The minimum Gasteiger partial charge on any atom is -0.368 e. The van der Waals surface area contributed by atoms with Crippen LogP contribution in [-0.4, -0.2) is 38.6 Å². The highest BCUT2D eigenvalue weighted by atomic mass is 19.1. The van der Waals surface area contributed by atoms with Gasteiger partial charge in [0.15, 0.2) is 0 Å². The molecule has 0 saturated carbocycles. The Hall–Kier alpha value is -1.13. The van der Waals surface area contributed by atoms with Crippen molar-refractivity contribution in [3.8, 4) is 0 Å². The third kappa shape index (κ3) is 4.48. The van der Waals surface area contributed by atoms with Crippen molar-refractivity contribution in [1.29, 1.82) is 0 Å². The average molecular weight is 267 g/mol. The minimum atomic E-state index is -0.179. The molecule has 0 aliphatic carbocycles. The van der Waals surface area contributed by atoms with E-state index >= 15 is 0 Å². The van der Waals surface area contributed by atoms with E-state index in [1.165, 1.54) is 6.07 Å². The Morgan fingerprint density at radius 3 is 2.42 bits per heavy atom. The molecule has 4 heteroatoms. The van der Waals surface area contributed by atoms with E-state index < -0.39 is 0 Å². The summed E-state index contributed by atoms with van der Waals surface area (Å²) in [6.45, 7) is 6.55. The molecule has 0 amide bonds. The van der Waals surface area contributed by atoms with E-state index in [0.29, 0.717) is 5.69 Å². The quantitative estimate of drug-likeness (QED) is 0.824. The molecule has 0 unspecified atom stereocenters. The monoisotopic (exact) mass is 267 g/mol. The van der Waals surface area contributed by atoms with Crippen LogP contribution in [0.4, 0.5) is 10.1 Å². The molecule has 1 aromatic rings. The summed E-state index contributed by atoms with van der Waals surface area (Å²) in [5.74, 6) is -0.179. The fraction of sp³-hybridized carbons (Fsp3) is 0.600. The molecule has 0 aliphatic rings.